The average molecular weight is 381 g/mol. The van der Waals surface area contributed by atoms with Crippen LogP contribution in [0.25, 0.3) is 6.08 Å². The Morgan fingerprint density at radius 1 is 1.18 bits per heavy atom. The Hall–Kier alpha value is -3.22. The van der Waals surface area contributed by atoms with Gasteiger partial charge >= 0.3 is 0 Å². The summed E-state index contributed by atoms with van der Waals surface area (Å²) in [5, 5.41) is 13.7. The Kier molecular flexibility index (Phi) is 6.37. The SMILES string of the molecule is Cc1ccc(OC2CCC(NC(=O)/C=C/c3ccc([N+](=O)[O-])cc3)CC2)nc1. The van der Waals surface area contributed by atoms with E-state index in [4.69, 9.17) is 4.74 Å². The maximum Gasteiger partial charge on any atom is 0.269 e. The van der Waals surface area contributed by atoms with Gasteiger partial charge in [-0.05, 0) is 61.9 Å². The summed E-state index contributed by atoms with van der Waals surface area (Å²) in [6, 6.07) is 10.0. The number of hydrogen-bond donors (Lipinski definition) is 1. The molecule has 146 valence electrons. The molecular weight excluding hydrogens is 358 g/mol. The minimum absolute atomic E-state index is 0.0291. The van der Waals surface area contributed by atoms with Crippen molar-refractivity contribution in [2.45, 2.75) is 44.8 Å². The van der Waals surface area contributed by atoms with Crippen LogP contribution in [0, 0.1) is 17.0 Å². The molecule has 0 radical (unpaired) electrons. The molecule has 2 aromatic rings. The van der Waals surface area contributed by atoms with Crippen LogP contribution in [0.4, 0.5) is 5.69 Å². The second-order valence-electron chi connectivity index (χ2n) is 6.96. The molecule has 1 saturated carbocycles. The molecule has 0 unspecified atom stereocenters. The fraction of sp³-hybridized carbons (Fsp3) is 0.333. The number of nitrogens with zero attached hydrogens (tertiary/aromatic N) is 2. The minimum Gasteiger partial charge on any atom is -0.474 e. The molecule has 0 aliphatic heterocycles. The third kappa shape index (κ3) is 5.64. The third-order valence-corrected chi connectivity index (χ3v) is 4.72. The average Bonchev–Trinajstić information content (AvgIpc) is 2.70. The first-order valence-electron chi connectivity index (χ1n) is 9.32. The van der Waals surface area contributed by atoms with Crippen LogP contribution in [0.1, 0.15) is 36.8 Å². The summed E-state index contributed by atoms with van der Waals surface area (Å²) >= 11 is 0. The molecule has 1 aromatic heterocycles. The van der Waals surface area contributed by atoms with Crippen molar-refractivity contribution in [3.63, 3.8) is 0 Å². The second kappa shape index (κ2) is 9.12. The van der Waals surface area contributed by atoms with Gasteiger partial charge < -0.3 is 10.1 Å². The molecular formula is C21H23N3O4. The Morgan fingerprint density at radius 3 is 2.50 bits per heavy atom. The van der Waals surface area contributed by atoms with Crippen LogP contribution in [0.3, 0.4) is 0 Å². The summed E-state index contributed by atoms with van der Waals surface area (Å²) in [6.07, 6.45) is 8.47. The van der Waals surface area contributed by atoms with Crippen molar-refractivity contribution in [3.05, 3.63) is 69.9 Å². The van der Waals surface area contributed by atoms with E-state index in [0.29, 0.717) is 5.88 Å². The smallest absolute Gasteiger partial charge is 0.269 e. The van der Waals surface area contributed by atoms with E-state index in [2.05, 4.69) is 10.3 Å². The highest BCUT2D eigenvalue weighted by molar-refractivity contribution is 5.91. The summed E-state index contributed by atoms with van der Waals surface area (Å²) in [4.78, 5) is 26.6. The van der Waals surface area contributed by atoms with Crippen molar-refractivity contribution < 1.29 is 14.5 Å². The topological polar surface area (TPSA) is 94.4 Å². The van der Waals surface area contributed by atoms with Crippen molar-refractivity contribution in [1.29, 1.82) is 0 Å². The fourth-order valence-corrected chi connectivity index (χ4v) is 3.15. The highest BCUT2D eigenvalue weighted by Crippen LogP contribution is 2.23. The number of carbonyl (C=O) groups is 1. The molecule has 1 aliphatic rings. The minimum atomic E-state index is -0.449. The zero-order valence-corrected chi connectivity index (χ0v) is 15.7. The van der Waals surface area contributed by atoms with E-state index >= 15 is 0 Å². The number of non-ortho nitro benzene ring substituents is 1. The molecule has 7 heteroatoms. The lowest BCUT2D eigenvalue weighted by molar-refractivity contribution is -0.384. The van der Waals surface area contributed by atoms with Gasteiger partial charge in [0.15, 0.2) is 0 Å². The lowest BCUT2D eigenvalue weighted by atomic mass is 9.93. The molecule has 1 N–H and O–H groups in total. The van der Waals surface area contributed by atoms with Gasteiger partial charge in [0.25, 0.3) is 5.69 Å². The van der Waals surface area contributed by atoms with Gasteiger partial charge in [-0.2, -0.15) is 0 Å². The summed E-state index contributed by atoms with van der Waals surface area (Å²) in [7, 11) is 0. The van der Waals surface area contributed by atoms with Gasteiger partial charge in [-0.25, -0.2) is 4.98 Å². The second-order valence-corrected chi connectivity index (χ2v) is 6.96. The molecule has 0 spiro atoms. The first-order valence-corrected chi connectivity index (χ1v) is 9.32. The zero-order valence-electron chi connectivity index (χ0n) is 15.7. The monoisotopic (exact) mass is 381 g/mol. The number of ether oxygens (including phenoxy) is 1. The number of aromatic nitrogens is 1. The van der Waals surface area contributed by atoms with Crippen molar-refractivity contribution in [3.8, 4) is 5.88 Å². The van der Waals surface area contributed by atoms with Gasteiger partial charge in [0, 0.05) is 36.5 Å². The number of benzene rings is 1. The molecule has 7 nitrogen and oxygen atoms in total. The summed E-state index contributed by atoms with van der Waals surface area (Å²) in [5.41, 5.74) is 1.87. The zero-order chi connectivity index (χ0) is 19.9. The predicted molar refractivity (Wildman–Crippen MR) is 106 cm³/mol. The predicted octanol–water partition coefficient (Wildman–Crippen LogP) is 3.82. The van der Waals surface area contributed by atoms with E-state index in [-0.39, 0.29) is 23.7 Å². The number of carbonyl (C=O) groups excluding carboxylic acids is 1. The van der Waals surface area contributed by atoms with Crippen LogP contribution in [0.5, 0.6) is 5.88 Å². The van der Waals surface area contributed by atoms with Crippen LogP contribution >= 0.6 is 0 Å². The Morgan fingerprint density at radius 2 is 1.89 bits per heavy atom. The van der Waals surface area contributed by atoms with Gasteiger partial charge in [0.2, 0.25) is 11.8 Å². The quantitative estimate of drug-likeness (QED) is 0.466. The first kappa shape index (κ1) is 19.5. The van der Waals surface area contributed by atoms with Gasteiger partial charge in [0.05, 0.1) is 4.92 Å². The molecule has 1 aromatic carbocycles. The lowest BCUT2D eigenvalue weighted by Crippen LogP contribution is -2.39. The van der Waals surface area contributed by atoms with Crippen molar-refractivity contribution >= 4 is 17.7 Å². The molecule has 1 amide bonds. The van der Waals surface area contributed by atoms with Crippen molar-refractivity contribution in [1.82, 2.24) is 10.3 Å². The highest BCUT2D eigenvalue weighted by atomic mass is 16.6. The largest absolute Gasteiger partial charge is 0.474 e. The highest BCUT2D eigenvalue weighted by Gasteiger charge is 2.23. The number of pyridine rings is 1. The molecule has 3 rings (SSSR count). The van der Waals surface area contributed by atoms with E-state index in [1.54, 1.807) is 24.4 Å². The van der Waals surface area contributed by atoms with Gasteiger partial charge in [-0.3, -0.25) is 14.9 Å². The van der Waals surface area contributed by atoms with E-state index < -0.39 is 4.92 Å². The normalized spacial score (nSPS) is 19.3. The maximum absolute atomic E-state index is 12.1. The number of rotatable bonds is 6. The first-order chi connectivity index (χ1) is 13.5. The third-order valence-electron chi connectivity index (χ3n) is 4.72. The van der Waals surface area contributed by atoms with E-state index in [1.165, 1.54) is 18.2 Å². The van der Waals surface area contributed by atoms with Crippen LogP contribution in [0.15, 0.2) is 48.7 Å². The summed E-state index contributed by atoms with van der Waals surface area (Å²) < 4.78 is 5.91. The van der Waals surface area contributed by atoms with Crippen LogP contribution in [0.2, 0.25) is 0 Å². The standard InChI is InChI=1S/C21H23N3O4/c1-15-2-13-21(22-14-15)28-19-10-6-17(7-11-19)23-20(25)12-5-16-3-8-18(9-4-16)24(26)27/h2-5,8-9,12-14,17,19H,6-7,10-11H2,1H3,(H,23,25)/b12-5+. The number of nitro groups is 1. The number of nitro benzene ring substituents is 1. The van der Waals surface area contributed by atoms with Gasteiger partial charge in [0.1, 0.15) is 6.10 Å². The maximum atomic E-state index is 12.1. The van der Waals surface area contributed by atoms with Crippen LogP contribution in [-0.4, -0.2) is 28.0 Å². The van der Waals surface area contributed by atoms with Crippen molar-refractivity contribution in [2.75, 3.05) is 0 Å². The molecule has 0 bridgehead atoms. The van der Waals surface area contributed by atoms with Crippen molar-refractivity contribution in [2.24, 2.45) is 0 Å². The van der Waals surface area contributed by atoms with Crippen LogP contribution in [-0.2, 0) is 4.79 Å². The number of nitrogens with one attached hydrogen (secondary N) is 1. The molecule has 1 aliphatic carbocycles. The lowest BCUT2D eigenvalue weighted by Gasteiger charge is -2.28. The molecule has 1 heterocycles. The van der Waals surface area contributed by atoms with Gasteiger partial charge in [-0.1, -0.05) is 6.07 Å². The van der Waals surface area contributed by atoms with Crippen LogP contribution < -0.4 is 10.1 Å². The molecule has 28 heavy (non-hydrogen) atoms. The molecule has 1 fully saturated rings. The van der Waals surface area contributed by atoms with E-state index in [0.717, 1.165) is 36.8 Å². The number of hydrogen-bond acceptors (Lipinski definition) is 5. The van der Waals surface area contributed by atoms with E-state index in [9.17, 15) is 14.9 Å². The Balaban J connectivity index is 1.43. The fourth-order valence-electron chi connectivity index (χ4n) is 3.15. The van der Waals surface area contributed by atoms with E-state index in [1.807, 2.05) is 19.1 Å². The molecule has 0 saturated heterocycles. The number of amides is 1. The molecule has 0 atom stereocenters. The Bertz CT molecular complexity index is 839. The summed E-state index contributed by atoms with van der Waals surface area (Å²) in [5.74, 6) is 0.479. The van der Waals surface area contributed by atoms with Gasteiger partial charge in [-0.15, -0.1) is 0 Å². The Labute approximate surface area is 163 Å². The number of aryl methyl sites for hydroxylation is 1. The summed E-state index contributed by atoms with van der Waals surface area (Å²) in [6.45, 7) is 1.99.